The lowest BCUT2D eigenvalue weighted by atomic mass is 10.1. The summed E-state index contributed by atoms with van der Waals surface area (Å²) in [5, 5.41) is 5.83. The van der Waals surface area contributed by atoms with Crippen LogP contribution in [0.2, 0.25) is 0 Å². The van der Waals surface area contributed by atoms with E-state index in [-0.39, 0.29) is 18.0 Å². The van der Waals surface area contributed by atoms with Crippen molar-refractivity contribution in [1.29, 1.82) is 0 Å². The smallest absolute Gasteiger partial charge is 0.319 e. The summed E-state index contributed by atoms with van der Waals surface area (Å²) in [5.41, 5.74) is 2.89. The number of aryl methyl sites for hydroxylation is 1. The number of nitrogens with one attached hydrogen (secondary N) is 2. The lowest BCUT2D eigenvalue weighted by Gasteiger charge is -2.25. The average Bonchev–Trinajstić information content (AvgIpc) is 3.33. The standard InChI is InChI=1S/C25H34N4O3/c1-28(2)23(20-7-6-8-22(17-20)32-3)18-26-25(31)27-21-12-9-19(10-13-21)11-14-24(30)29-15-4-5-16-29/h6-10,12-13,17,23H,4-5,11,14-16,18H2,1-3H3,(H2,26,27,31). The third-order valence-corrected chi connectivity index (χ3v) is 5.86. The van der Waals surface area contributed by atoms with E-state index in [0.29, 0.717) is 19.4 Å². The second-order valence-corrected chi connectivity index (χ2v) is 8.38. The van der Waals surface area contributed by atoms with Gasteiger partial charge < -0.3 is 25.2 Å². The van der Waals surface area contributed by atoms with Crippen LogP contribution in [0.1, 0.15) is 36.4 Å². The summed E-state index contributed by atoms with van der Waals surface area (Å²) in [6.07, 6.45) is 3.47. The Labute approximate surface area is 190 Å². The van der Waals surface area contributed by atoms with Crippen molar-refractivity contribution in [3.05, 3.63) is 59.7 Å². The molecule has 2 N–H and O–H groups in total. The molecule has 2 aromatic rings. The summed E-state index contributed by atoms with van der Waals surface area (Å²) >= 11 is 0. The molecule has 0 aromatic heterocycles. The Morgan fingerprint density at radius 1 is 1.09 bits per heavy atom. The van der Waals surface area contributed by atoms with Crippen LogP contribution >= 0.6 is 0 Å². The van der Waals surface area contributed by atoms with E-state index in [0.717, 1.165) is 48.5 Å². The monoisotopic (exact) mass is 438 g/mol. The summed E-state index contributed by atoms with van der Waals surface area (Å²) in [6.45, 7) is 2.25. The molecule has 7 heteroatoms. The minimum atomic E-state index is -0.253. The van der Waals surface area contributed by atoms with Gasteiger partial charge in [0, 0.05) is 31.7 Å². The Morgan fingerprint density at radius 3 is 2.47 bits per heavy atom. The molecule has 172 valence electrons. The summed E-state index contributed by atoms with van der Waals surface area (Å²) in [6, 6.07) is 15.3. The number of rotatable bonds is 9. The number of hydrogen-bond acceptors (Lipinski definition) is 4. The largest absolute Gasteiger partial charge is 0.497 e. The van der Waals surface area contributed by atoms with Crippen LogP contribution in [0.3, 0.4) is 0 Å². The molecule has 3 rings (SSSR count). The molecule has 1 atom stereocenters. The fourth-order valence-corrected chi connectivity index (χ4v) is 3.94. The first-order valence-corrected chi connectivity index (χ1v) is 11.2. The SMILES string of the molecule is COc1cccc(C(CNC(=O)Nc2ccc(CCC(=O)N3CCCC3)cc2)N(C)C)c1. The summed E-state index contributed by atoms with van der Waals surface area (Å²) in [4.78, 5) is 28.6. The van der Waals surface area contributed by atoms with E-state index in [1.54, 1.807) is 7.11 Å². The highest BCUT2D eigenvalue weighted by Gasteiger charge is 2.18. The minimum Gasteiger partial charge on any atom is -0.497 e. The number of likely N-dealkylation sites (N-methyl/N-ethyl adjacent to an activating group) is 1. The van der Waals surface area contributed by atoms with Gasteiger partial charge in [-0.05, 0) is 68.8 Å². The molecule has 0 spiro atoms. The van der Waals surface area contributed by atoms with Gasteiger partial charge in [0.25, 0.3) is 0 Å². The highest BCUT2D eigenvalue weighted by molar-refractivity contribution is 5.89. The molecule has 7 nitrogen and oxygen atoms in total. The predicted octanol–water partition coefficient (Wildman–Crippen LogP) is 3.67. The number of hydrogen-bond donors (Lipinski definition) is 2. The number of benzene rings is 2. The normalized spacial score (nSPS) is 14.3. The molecule has 1 fully saturated rings. The van der Waals surface area contributed by atoms with Crippen molar-refractivity contribution in [2.45, 2.75) is 31.7 Å². The first kappa shape index (κ1) is 23.6. The molecule has 0 saturated carbocycles. The number of methoxy groups -OCH3 is 1. The lowest BCUT2D eigenvalue weighted by molar-refractivity contribution is -0.130. The highest BCUT2D eigenvalue weighted by atomic mass is 16.5. The van der Waals surface area contributed by atoms with Crippen molar-refractivity contribution in [2.24, 2.45) is 0 Å². The van der Waals surface area contributed by atoms with Gasteiger partial charge in [0.05, 0.1) is 13.2 Å². The average molecular weight is 439 g/mol. The molecule has 1 unspecified atom stereocenters. The van der Waals surface area contributed by atoms with Crippen LogP contribution in [0.5, 0.6) is 5.75 Å². The molecule has 1 saturated heterocycles. The Morgan fingerprint density at radius 2 is 1.81 bits per heavy atom. The Hall–Kier alpha value is -3.06. The van der Waals surface area contributed by atoms with Crippen molar-refractivity contribution < 1.29 is 14.3 Å². The van der Waals surface area contributed by atoms with E-state index < -0.39 is 0 Å². The van der Waals surface area contributed by atoms with Crippen molar-refractivity contribution in [3.63, 3.8) is 0 Å². The number of carbonyl (C=O) groups excluding carboxylic acids is 2. The maximum atomic E-state index is 12.4. The molecule has 1 aliphatic rings. The molecule has 0 aliphatic carbocycles. The van der Waals surface area contributed by atoms with E-state index in [2.05, 4.69) is 15.5 Å². The second-order valence-electron chi connectivity index (χ2n) is 8.38. The quantitative estimate of drug-likeness (QED) is 0.626. The van der Waals surface area contributed by atoms with Crippen molar-refractivity contribution >= 4 is 17.6 Å². The Bertz CT molecular complexity index is 892. The van der Waals surface area contributed by atoms with Crippen molar-refractivity contribution in [3.8, 4) is 5.75 Å². The molecule has 1 aliphatic heterocycles. The maximum absolute atomic E-state index is 12.4. The zero-order valence-electron chi connectivity index (χ0n) is 19.3. The third kappa shape index (κ3) is 6.72. The molecular weight excluding hydrogens is 404 g/mol. The molecular formula is C25H34N4O3. The highest BCUT2D eigenvalue weighted by Crippen LogP contribution is 2.22. The number of carbonyl (C=O) groups is 2. The van der Waals surface area contributed by atoms with Gasteiger partial charge in [0.2, 0.25) is 5.91 Å². The van der Waals surface area contributed by atoms with E-state index >= 15 is 0 Å². The molecule has 0 radical (unpaired) electrons. The van der Waals surface area contributed by atoms with Gasteiger partial charge in [0.1, 0.15) is 5.75 Å². The van der Waals surface area contributed by atoms with Crippen molar-refractivity contribution in [1.82, 2.24) is 15.1 Å². The van der Waals surface area contributed by atoms with Gasteiger partial charge in [0.15, 0.2) is 0 Å². The van der Waals surface area contributed by atoms with Gasteiger partial charge in [-0.1, -0.05) is 24.3 Å². The molecule has 0 bridgehead atoms. The molecule has 3 amide bonds. The topological polar surface area (TPSA) is 73.9 Å². The maximum Gasteiger partial charge on any atom is 0.319 e. The van der Waals surface area contributed by atoms with E-state index in [1.165, 1.54) is 0 Å². The van der Waals surface area contributed by atoms with Crippen LogP contribution in [-0.2, 0) is 11.2 Å². The number of ether oxygens (including phenoxy) is 1. The van der Waals surface area contributed by atoms with E-state index in [1.807, 2.05) is 67.5 Å². The van der Waals surface area contributed by atoms with Crippen LogP contribution in [0, 0.1) is 0 Å². The third-order valence-electron chi connectivity index (χ3n) is 5.86. The van der Waals surface area contributed by atoms with Crippen LogP contribution in [0.15, 0.2) is 48.5 Å². The Balaban J connectivity index is 1.47. The van der Waals surface area contributed by atoms with Crippen LogP contribution < -0.4 is 15.4 Å². The number of anilines is 1. The molecule has 2 aromatic carbocycles. The predicted molar refractivity (Wildman–Crippen MR) is 127 cm³/mol. The first-order chi connectivity index (χ1) is 15.5. The minimum absolute atomic E-state index is 0.0198. The lowest BCUT2D eigenvalue weighted by Crippen LogP contribution is -2.36. The fraction of sp³-hybridized carbons (Fsp3) is 0.440. The molecule has 1 heterocycles. The van der Waals surface area contributed by atoms with Crippen LogP contribution in [0.4, 0.5) is 10.5 Å². The van der Waals surface area contributed by atoms with Gasteiger partial charge in [-0.3, -0.25) is 4.79 Å². The number of likely N-dealkylation sites (tertiary alicyclic amines) is 1. The fourth-order valence-electron chi connectivity index (χ4n) is 3.94. The zero-order chi connectivity index (χ0) is 22.9. The Kier molecular flexibility index (Phi) is 8.50. The first-order valence-electron chi connectivity index (χ1n) is 11.2. The van der Waals surface area contributed by atoms with Gasteiger partial charge >= 0.3 is 6.03 Å². The summed E-state index contributed by atoms with van der Waals surface area (Å²) in [5.74, 6) is 1.02. The number of amides is 3. The number of nitrogens with zero attached hydrogens (tertiary/aromatic N) is 2. The zero-order valence-corrected chi connectivity index (χ0v) is 19.3. The summed E-state index contributed by atoms with van der Waals surface area (Å²) in [7, 11) is 5.61. The number of urea groups is 1. The van der Waals surface area contributed by atoms with Crippen LogP contribution in [0.25, 0.3) is 0 Å². The van der Waals surface area contributed by atoms with Gasteiger partial charge in [-0.2, -0.15) is 0 Å². The van der Waals surface area contributed by atoms with Crippen molar-refractivity contribution in [2.75, 3.05) is 46.2 Å². The second kappa shape index (κ2) is 11.5. The summed E-state index contributed by atoms with van der Waals surface area (Å²) < 4.78 is 5.32. The van der Waals surface area contributed by atoms with Gasteiger partial charge in [-0.15, -0.1) is 0 Å². The van der Waals surface area contributed by atoms with Crippen LogP contribution in [-0.4, -0.2) is 62.6 Å². The van der Waals surface area contributed by atoms with Gasteiger partial charge in [-0.25, -0.2) is 4.79 Å². The van der Waals surface area contributed by atoms with E-state index in [9.17, 15) is 9.59 Å². The van der Waals surface area contributed by atoms with E-state index in [4.69, 9.17) is 4.74 Å². The molecule has 32 heavy (non-hydrogen) atoms.